The van der Waals surface area contributed by atoms with Crippen LogP contribution in [-0.2, 0) is 39.0 Å². The number of nitrogens with zero attached hydrogens (tertiary/aromatic N) is 3. The Morgan fingerprint density at radius 3 is 1.96 bits per heavy atom. The molecule has 0 saturated heterocycles. The third-order valence-corrected chi connectivity index (χ3v) is 9.44. The van der Waals surface area contributed by atoms with Crippen LogP contribution in [-0.4, -0.2) is 120 Å². The van der Waals surface area contributed by atoms with Crippen molar-refractivity contribution in [1.82, 2.24) is 30.7 Å². The molecule has 1 aromatic rings. The highest BCUT2D eigenvalue weighted by atomic mass is 16.4. The van der Waals surface area contributed by atoms with Gasteiger partial charge in [0.1, 0.15) is 12.1 Å². The van der Waals surface area contributed by atoms with Crippen molar-refractivity contribution in [3.05, 3.63) is 59.7 Å². The summed E-state index contributed by atoms with van der Waals surface area (Å²) in [6.45, 7) is 14.8. The van der Waals surface area contributed by atoms with Crippen LogP contribution in [0.4, 0.5) is 0 Å². The van der Waals surface area contributed by atoms with Gasteiger partial charge in [-0.3, -0.25) is 38.6 Å². The lowest BCUT2D eigenvalue weighted by atomic mass is 9.76. The average Bonchev–Trinajstić information content (AvgIpc) is 3.38. The van der Waals surface area contributed by atoms with E-state index in [9.17, 15) is 38.7 Å². The molecule has 0 spiro atoms. The maximum absolute atomic E-state index is 14.2. The van der Waals surface area contributed by atoms with Crippen LogP contribution in [0.3, 0.4) is 0 Å². The van der Waals surface area contributed by atoms with E-state index in [2.05, 4.69) is 16.0 Å². The summed E-state index contributed by atoms with van der Waals surface area (Å²) in [6.07, 6.45) is 3.43. The molecule has 0 aliphatic carbocycles. The number of carboxylic acids is 1. The number of carboxylic acid groups (broad SMARTS) is 1. The minimum absolute atomic E-state index is 0.00553. The van der Waals surface area contributed by atoms with Gasteiger partial charge in [-0.1, -0.05) is 84.9 Å². The molecule has 0 unspecified atom stereocenters. The van der Waals surface area contributed by atoms with Gasteiger partial charge >= 0.3 is 5.97 Å². The number of likely N-dealkylation sites (N-methyl/N-ethyl adjacent to an activating group) is 2. The normalized spacial score (nSPS) is 15.9. The van der Waals surface area contributed by atoms with Crippen molar-refractivity contribution in [3.63, 3.8) is 0 Å². The van der Waals surface area contributed by atoms with Crippen LogP contribution >= 0.6 is 0 Å². The fourth-order valence-corrected chi connectivity index (χ4v) is 6.39. The second-order valence-electron chi connectivity index (χ2n) is 15.7. The molecule has 1 aromatic carbocycles. The Bertz CT molecular complexity index is 1560. The van der Waals surface area contributed by atoms with Gasteiger partial charge in [-0.15, -0.1) is 0 Å². The number of hydrogen-bond donors (Lipinski definition) is 4. The Hall–Kier alpha value is -4.85. The first kappa shape index (κ1) is 44.3. The van der Waals surface area contributed by atoms with E-state index < -0.39 is 64.6 Å². The first-order valence-corrected chi connectivity index (χ1v) is 17.8. The minimum atomic E-state index is -1.38. The Morgan fingerprint density at radius 1 is 0.906 bits per heavy atom. The van der Waals surface area contributed by atoms with Crippen LogP contribution in [0.5, 0.6) is 0 Å². The highest BCUT2D eigenvalue weighted by molar-refractivity contribution is 6.12. The summed E-state index contributed by atoms with van der Waals surface area (Å²) in [6, 6.07) is 6.20. The van der Waals surface area contributed by atoms with Gasteiger partial charge in [-0.05, 0) is 44.3 Å². The molecule has 292 valence electrons. The summed E-state index contributed by atoms with van der Waals surface area (Å²) in [5, 5.41) is 17.8. The van der Waals surface area contributed by atoms with Crippen LogP contribution in [0.25, 0.3) is 0 Å². The number of nitrogens with one attached hydrogen (secondary N) is 3. The van der Waals surface area contributed by atoms with E-state index in [1.807, 2.05) is 97.8 Å². The van der Waals surface area contributed by atoms with Gasteiger partial charge in [0.05, 0.1) is 12.1 Å². The standard InChI is InChI=1S/C39H58N6O8/c1-24(2)28(23-25(3)34(49)41-27(37(52)53)17-18-29(46)40-21-22-45-30(47)19-20-31(45)48)44(11)36(51)32(38(4,5)6)42-35(50)33(43(9)10)39(7,8)26-15-13-12-14-16-26/h12-16,19-20,23-24,27-28,32-33H,17-18,21-22H2,1-11H3,(H,40,46)(H,41,49)(H,42,50)(H,52,53)/b25-23+/t27-,28-,32-,33-/m1/s1. The second kappa shape index (κ2) is 18.8. The van der Waals surface area contributed by atoms with Gasteiger partial charge in [0, 0.05) is 49.7 Å². The van der Waals surface area contributed by atoms with Crippen molar-refractivity contribution >= 4 is 41.4 Å². The van der Waals surface area contributed by atoms with Gasteiger partial charge in [0.2, 0.25) is 23.6 Å². The van der Waals surface area contributed by atoms with Crippen LogP contribution < -0.4 is 16.0 Å². The quantitative estimate of drug-likeness (QED) is 0.130. The Morgan fingerprint density at radius 2 is 1.47 bits per heavy atom. The van der Waals surface area contributed by atoms with Gasteiger partial charge < -0.3 is 26.0 Å². The van der Waals surface area contributed by atoms with Crippen molar-refractivity contribution in [2.75, 3.05) is 34.2 Å². The topological polar surface area (TPSA) is 186 Å². The summed E-state index contributed by atoms with van der Waals surface area (Å²) in [5.74, 6) is -4.31. The zero-order chi connectivity index (χ0) is 40.4. The molecule has 0 saturated carbocycles. The maximum Gasteiger partial charge on any atom is 0.326 e. The minimum Gasteiger partial charge on any atom is -0.480 e. The largest absolute Gasteiger partial charge is 0.480 e. The number of hydrogen-bond acceptors (Lipinski definition) is 8. The van der Waals surface area contributed by atoms with E-state index in [1.165, 1.54) is 11.8 Å². The molecule has 0 fully saturated rings. The van der Waals surface area contributed by atoms with E-state index in [4.69, 9.17) is 0 Å². The molecule has 53 heavy (non-hydrogen) atoms. The molecule has 2 rings (SSSR count). The van der Waals surface area contributed by atoms with E-state index in [0.717, 1.165) is 22.6 Å². The molecule has 14 nitrogen and oxygen atoms in total. The van der Waals surface area contributed by atoms with Crippen molar-refractivity contribution in [2.45, 2.75) is 97.8 Å². The number of carbonyl (C=O) groups is 7. The summed E-state index contributed by atoms with van der Waals surface area (Å²) in [4.78, 5) is 93.5. The average molecular weight is 739 g/mol. The molecular weight excluding hydrogens is 680 g/mol. The van der Waals surface area contributed by atoms with Gasteiger partial charge in [0.25, 0.3) is 11.8 Å². The SMILES string of the molecule is C/C(=C\[C@H](C(C)C)N(C)C(=O)[C@@H](NC(=O)[C@@H](N(C)C)C(C)(C)c1ccccc1)C(C)(C)C)C(=O)N[C@H](CCC(=O)NCCN1C(=O)C=CC1=O)C(=O)O. The second-order valence-corrected chi connectivity index (χ2v) is 15.7. The highest BCUT2D eigenvalue weighted by Gasteiger charge is 2.43. The lowest BCUT2D eigenvalue weighted by Crippen LogP contribution is -2.61. The smallest absolute Gasteiger partial charge is 0.326 e. The zero-order valence-electron chi connectivity index (χ0n) is 33.0. The van der Waals surface area contributed by atoms with Crippen LogP contribution in [0.1, 0.15) is 73.8 Å². The fraction of sp³-hybridized carbons (Fsp3) is 0.564. The molecule has 1 aliphatic rings. The Labute approximate surface area is 313 Å². The first-order valence-electron chi connectivity index (χ1n) is 17.8. The number of benzene rings is 1. The predicted molar refractivity (Wildman–Crippen MR) is 201 cm³/mol. The molecule has 0 aromatic heterocycles. The van der Waals surface area contributed by atoms with Crippen molar-refractivity contribution in [2.24, 2.45) is 11.3 Å². The first-order chi connectivity index (χ1) is 24.5. The molecule has 14 heteroatoms. The van der Waals surface area contributed by atoms with E-state index in [-0.39, 0.29) is 49.2 Å². The molecular formula is C39H58N6O8. The number of rotatable bonds is 18. The van der Waals surface area contributed by atoms with Gasteiger partial charge in [-0.2, -0.15) is 0 Å². The molecule has 0 bridgehead atoms. The third-order valence-electron chi connectivity index (χ3n) is 9.44. The van der Waals surface area contributed by atoms with E-state index in [1.54, 1.807) is 13.1 Å². The predicted octanol–water partition coefficient (Wildman–Crippen LogP) is 2.25. The zero-order valence-corrected chi connectivity index (χ0v) is 33.0. The number of imide groups is 1. The summed E-state index contributed by atoms with van der Waals surface area (Å²) >= 11 is 0. The Balaban J connectivity index is 2.17. The number of amides is 6. The lowest BCUT2D eigenvalue weighted by Gasteiger charge is -2.41. The monoisotopic (exact) mass is 738 g/mol. The van der Waals surface area contributed by atoms with Crippen molar-refractivity contribution in [3.8, 4) is 0 Å². The Kier molecular flexibility index (Phi) is 15.7. The van der Waals surface area contributed by atoms with Gasteiger partial charge in [-0.25, -0.2) is 4.79 Å². The number of aliphatic carboxylic acids is 1. The van der Waals surface area contributed by atoms with Crippen LogP contribution in [0.2, 0.25) is 0 Å². The van der Waals surface area contributed by atoms with Crippen molar-refractivity contribution in [1.29, 1.82) is 0 Å². The van der Waals surface area contributed by atoms with Crippen LogP contribution in [0.15, 0.2) is 54.1 Å². The third kappa shape index (κ3) is 12.1. The molecule has 4 N–H and O–H groups in total. The van der Waals surface area contributed by atoms with Crippen molar-refractivity contribution < 1.29 is 38.7 Å². The van der Waals surface area contributed by atoms with E-state index >= 15 is 0 Å². The molecule has 1 heterocycles. The van der Waals surface area contributed by atoms with Crippen LogP contribution in [0, 0.1) is 11.3 Å². The summed E-state index contributed by atoms with van der Waals surface area (Å²) in [5.41, 5.74) is -0.152. The highest BCUT2D eigenvalue weighted by Crippen LogP contribution is 2.31. The fourth-order valence-electron chi connectivity index (χ4n) is 6.39. The summed E-state index contributed by atoms with van der Waals surface area (Å²) in [7, 11) is 5.27. The molecule has 4 atom stereocenters. The molecule has 1 aliphatic heterocycles. The van der Waals surface area contributed by atoms with E-state index in [0.29, 0.717) is 0 Å². The lowest BCUT2D eigenvalue weighted by molar-refractivity contribution is -0.142. The number of carbonyl (C=O) groups excluding carboxylic acids is 6. The summed E-state index contributed by atoms with van der Waals surface area (Å²) < 4.78 is 0. The molecule has 6 amide bonds. The maximum atomic E-state index is 14.2. The molecule has 0 radical (unpaired) electrons. The van der Waals surface area contributed by atoms with Gasteiger partial charge in [0.15, 0.2) is 0 Å².